The largest absolute Gasteiger partial charge is 0.461 e. The molecule has 1 fully saturated rings. The van der Waals surface area contributed by atoms with Gasteiger partial charge in [0.05, 0.1) is 36.6 Å². The van der Waals surface area contributed by atoms with Crippen LogP contribution in [-0.4, -0.2) is 52.5 Å². The fourth-order valence-electron chi connectivity index (χ4n) is 4.75. The summed E-state index contributed by atoms with van der Waals surface area (Å²) in [6.07, 6.45) is 1.82. The lowest BCUT2D eigenvalue weighted by Crippen LogP contribution is -2.43. The second-order valence-electron chi connectivity index (χ2n) is 9.08. The van der Waals surface area contributed by atoms with Crippen molar-refractivity contribution >= 4 is 17.8 Å². The predicted octanol–water partition coefficient (Wildman–Crippen LogP) is 3.46. The number of hydrogen-bond donors (Lipinski definition) is 1. The first-order chi connectivity index (χ1) is 16.4. The maximum atomic E-state index is 13.6. The lowest BCUT2D eigenvalue weighted by Gasteiger charge is -2.26. The number of amides is 2. The molecule has 2 aromatic rings. The van der Waals surface area contributed by atoms with E-state index in [0.29, 0.717) is 43.1 Å². The monoisotopic (exact) mass is 467 g/mol. The van der Waals surface area contributed by atoms with Crippen molar-refractivity contribution in [2.24, 2.45) is 0 Å². The van der Waals surface area contributed by atoms with Gasteiger partial charge >= 0.3 is 5.97 Å². The summed E-state index contributed by atoms with van der Waals surface area (Å²) < 4.78 is 12.9. The first-order valence-electron chi connectivity index (χ1n) is 12.1. The molecule has 2 amide bonds. The van der Waals surface area contributed by atoms with Crippen molar-refractivity contribution < 1.29 is 23.9 Å². The van der Waals surface area contributed by atoms with Gasteiger partial charge in [-0.3, -0.25) is 9.59 Å². The minimum Gasteiger partial charge on any atom is -0.461 e. The Morgan fingerprint density at radius 1 is 1.18 bits per heavy atom. The molecule has 2 aliphatic rings. The molecule has 1 saturated heterocycles. The van der Waals surface area contributed by atoms with Crippen molar-refractivity contribution in [1.82, 2.24) is 14.8 Å². The van der Waals surface area contributed by atoms with Crippen molar-refractivity contribution in [3.63, 3.8) is 0 Å². The molecule has 1 aromatic heterocycles. The lowest BCUT2D eigenvalue weighted by molar-refractivity contribution is -0.152. The molecule has 4 rings (SSSR count). The first-order valence-corrected chi connectivity index (χ1v) is 12.1. The average Bonchev–Trinajstić information content (AvgIpc) is 3.48. The Morgan fingerprint density at radius 3 is 2.65 bits per heavy atom. The summed E-state index contributed by atoms with van der Waals surface area (Å²) in [5, 5.41) is 3.11. The molecule has 8 nitrogen and oxygen atoms in total. The minimum atomic E-state index is -0.597. The van der Waals surface area contributed by atoms with Gasteiger partial charge in [-0.05, 0) is 44.7 Å². The zero-order valence-electron chi connectivity index (χ0n) is 20.1. The molecule has 182 valence electrons. The van der Waals surface area contributed by atoms with Gasteiger partial charge in [0.1, 0.15) is 11.7 Å². The van der Waals surface area contributed by atoms with E-state index in [9.17, 15) is 14.4 Å². The van der Waals surface area contributed by atoms with Gasteiger partial charge < -0.3 is 24.3 Å². The number of benzene rings is 1. The molecule has 8 heteroatoms. The molecule has 0 spiro atoms. The highest BCUT2D eigenvalue weighted by Gasteiger charge is 2.38. The van der Waals surface area contributed by atoms with Gasteiger partial charge in [0.25, 0.3) is 11.8 Å². The number of hydrogen-bond acceptors (Lipinski definition) is 5. The third-order valence-corrected chi connectivity index (χ3v) is 6.42. The number of carbonyl (C=O) groups is 3. The first kappa shape index (κ1) is 24.0. The van der Waals surface area contributed by atoms with Gasteiger partial charge in [0.2, 0.25) is 0 Å². The van der Waals surface area contributed by atoms with E-state index < -0.39 is 6.04 Å². The highest BCUT2D eigenvalue weighted by atomic mass is 16.5. The van der Waals surface area contributed by atoms with Crippen LogP contribution in [0.3, 0.4) is 0 Å². The molecule has 34 heavy (non-hydrogen) atoms. The Kier molecular flexibility index (Phi) is 7.36. The molecular weight excluding hydrogens is 434 g/mol. The normalized spacial score (nSPS) is 18.5. The summed E-state index contributed by atoms with van der Waals surface area (Å²) in [7, 11) is 0. The Labute approximate surface area is 200 Å². The standard InChI is InChI=1S/C26H33N3O5/c1-4-20(18-9-6-5-7-10-18)27-24(30)19-15-22(28-13-14-33-16-23(19)28)25(31)29-12-8-11-21(29)26(32)34-17(2)3/h5-7,9-10,15,17,20-21H,4,8,11-14,16H2,1-3H3,(H,27,30)/t20-,21-/m1/s1. The molecule has 3 heterocycles. The molecular formula is C26H33N3O5. The highest BCUT2D eigenvalue weighted by molar-refractivity contribution is 6.02. The van der Waals surface area contributed by atoms with Gasteiger partial charge in [-0.1, -0.05) is 37.3 Å². The lowest BCUT2D eigenvalue weighted by atomic mass is 10.0. The van der Waals surface area contributed by atoms with Gasteiger partial charge in [0.15, 0.2) is 0 Å². The SMILES string of the molecule is CC[C@@H](NC(=O)c1cc(C(=O)N2CCC[C@@H]2C(=O)OC(C)C)n2c1COCC2)c1ccccc1. The molecule has 0 aliphatic carbocycles. The van der Waals surface area contributed by atoms with E-state index >= 15 is 0 Å². The summed E-state index contributed by atoms with van der Waals surface area (Å²) in [6, 6.07) is 10.7. The minimum absolute atomic E-state index is 0.137. The molecule has 1 N–H and O–H groups in total. The maximum absolute atomic E-state index is 13.6. The van der Waals surface area contributed by atoms with Gasteiger partial charge in [0, 0.05) is 13.1 Å². The van der Waals surface area contributed by atoms with Crippen molar-refractivity contribution in [2.75, 3.05) is 13.2 Å². The van der Waals surface area contributed by atoms with Crippen LogP contribution < -0.4 is 5.32 Å². The van der Waals surface area contributed by atoms with Crippen molar-refractivity contribution in [3.8, 4) is 0 Å². The smallest absolute Gasteiger partial charge is 0.329 e. The highest BCUT2D eigenvalue weighted by Crippen LogP contribution is 2.27. The van der Waals surface area contributed by atoms with Gasteiger partial charge in [-0.25, -0.2) is 4.79 Å². The van der Waals surface area contributed by atoms with E-state index in [-0.39, 0.29) is 36.5 Å². The average molecular weight is 468 g/mol. The molecule has 2 aliphatic heterocycles. The number of esters is 1. The number of nitrogens with one attached hydrogen (secondary N) is 1. The van der Waals surface area contributed by atoms with E-state index in [1.807, 2.05) is 41.8 Å². The Morgan fingerprint density at radius 2 is 1.94 bits per heavy atom. The summed E-state index contributed by atoms with van der Waals surface area (Å²) >= 11 is 0. The number of ether oxygens (including phenoxy) is 2. The summed E-state index contributed by atoms with van der Waals surface area (Å²) in [5.41, 5.74) is 2.58. The van der Waals surface area contributed by atoms with Crippen molar-refractivity contribution in [2.45, 2.75) is 71.4 Å². The number of aromatic nitrogens is 1. The molecule has 0 bridgehead atoms. The van der Waals surface area contributed by atoms with Crippen LogP contribution in [0.25, 0.3) is 0 Å². The van der Waals surface area contributed by atoms with Crippen LogP contribution in [0.4, 0.5) is 0 Å². The number of fused-ring (bicyclic) bond motifs is 1. The molecule has 1 aromatic carbocycles. The van der Waals surface area contributed by atoms with Crippen molar-refractivity contribution in [1.29, 1.82) is 0 Å². The molecule has 0 radical (unpaired) electrons. The second kappa shape index (κ2) is 10.4. The predicted molar refractivity (Wildman–Crippen MR) is 126 cm³/mol. The van der Waals surface area contributed by atoms with E-state index in [0.717, 1.165) is 18.4 Å². The Hall–Kier alpha value is -3.13. The maximum Gasteiger partial charge on any atom is 0.329 e. The van der Waals surface area contributed by atoms with Gasteiger partial charge in [-0.2, -0.15) is 0 Å². The number of carbonyl (C=O) groups excluding carboxylic acids is 3. The zero-order valence-corrected chi connectivity index (χ0v) is 20.1. The van der Waals surface area contributed by atoms with Crippen molar-refractivity contribution in [3.05, 3.63) is 58.9 Å². The fourth-order valence-corrected chi connectivity index (χ4v) is 4.75. The second-order valence-corrected chi connectivity index (χ2v) is 9.08. The van der Waals surface area contributed by atoms with Crippen LogP contribution in [0.15, 0.2) is 36.4 Å². The van der Waals surface area contributed by atoms with E-state index in [1.165, 1.54) is 0 Å². The quantitative estimate of drug-likeness (QED) is 0.630. The molecule has 0 saturated carbocycles. The van der Waals surface area contributed by atoms with Crippen LogP contribution in [0.2, 0.25) is 0 Å². The number of likely N-dealkylation sites (tertiary alicyclic amines) is 1. The van der Waals surface area contributed by atoms with Crippen LogP contribution in [0.5, 0.6) is 0 Å². The summed E-state index contributed by atoms with van der Waals surface area (Å²) in [5.74, 6) is -0.858. The third kappa shape index (κ3) is 4.87. The fraction of sp³-hybridized carbons (Fsp3) is 0.500. The Bertz CT molecular complexity index is 1050. The van der Waals surface area contributed by atoms with Crippen LogP contribution in [-0.2, 0) is 27.4 Å². The summed E-state index contributed by atoms with van der Waals surface area (Å²) in [4.78, 5) is 41.1. The number of rotatable bonds is 7. The molecule has 0 unspecified atom stereocenters. The van der Waals surface area contributed by atoms with Crippen LogP contribution in [0, 0.1) is 0 Å². The van der Waals surface area contributed by atoms with E-state index in [4.69, 9.17) is 9.47 Å². The topological polar surface area (TPSA) is 89.9 Å². The van der Waals surface area contributed by atoms with Gasteiger partial charge in [-0.15, -0.1) is 0 Å². The zero-order chi connectivity index (χ0) is 24.2. The van der Waals surface area contributed by atoms with Crippen LogP contribution in [0.1, 0.15) is 78.2 Å². The van der Waals surface area contributed by atoms with E-state index in [1.54, 1.807) is 24.8 Å². The molecule has 2 atom stereocenters. The van der Waals surface area contributed by atoms with E-state index in [2.05, 4.69) is 5.32 Å². The summed E-state index contributed by atoms with van der Waals surface area (Å²) in [6.45, 7) is 7.31. The third-order valence-electron chi connectivity index (χ3n) is 6.42. The van der Waals surface area contributed by atoms with Crippen LogP contribution >= 0.6 is 0 Å². The number of nitrogens with zero attached hydrogens (tertiary/aromatic N) is 2. The Balaban J connectivity index is 1.60.